The normalized spacial score (nSPS) is 15.1. The highest BCUT2D eigenvalue weighted by Crippen LogP contribution is 2.40. The predicted octanol–water partition coefficient (Wildman–Crippen LogP) is 4.30. The van der Waals surface area contributed by atoms with E-state index in [4.69, 9.17) is 11.6 Å². The Morgan fingerprint density at radius 2 is 1.82 bits per heavy atom. The summed E-state index contributed by atoms with van der Waals surface area (Å²) in [6, 6.07) is 10.4. The Morgan fingerprint density at radius 1 is 1.13 bits per heavy atom. The van der Waals surface area contributed by atoms with Crippen LogP contribution in [0, 0.1) is 5.82 Å². The molecule has 0 unspecified atom stereocenters. The van der Waals surface area contributed by atoms with Gasteiger partial charge in [-0.15, -0.1) is 0 Å². The quantitative estimate of drug-likeness (QED) is 0.427. The molecule has 1 fully saturated rings. The Balaban J connectivity index is 1.53. The summed E-state index contributed by atoms with van der Waals surface area (Å²) in [6.07, 6.45) is -1.15. The molecule has 2 N–H and O–H groups in total. The van der Waals surface area contributed by atoms with Crippen molar-refractivity contribution in [3.63, 3.8) is 0 Å². The molecule has 3 amide bonds. The van der Waals surface area contributed by atoms with E-state index >= 15 is 0 Å². The number of amides is 3. The number of para-hydroxylation sites is 1. The number of hydrogen-bond donors (Lipinski definition) is 2. The van der Waals surface area contributed by atoms with Crippen LogP contribution >= 0.6 is 11.6 Å². The van der Waals surface area contributed by atoms with Crippen LogP contribution in [0.1, 0.15) is 49.7 Å². The smallest absolute Gasteiger partial charge is 0.272 e. The second-order valence-electron chi connectivity index (χ2n) is 10.7. The van der Waals surface area contributed by atoms with Crippen LogP contribution in [-0.4, -0.2) is 56.4 Å². The number of halogens is 4. The average Bonchev–Trinajstić information content (AvgIpc) is 3.19. The zero-order chi connectivity index (χ0) is 28.5. The van der Waals surface area contributed by atoms with Crippen molar-refractivity contribution in [2.75, 3.05) is 6.54 Å². The second-order valence-corrected chi connectivity index (χ2v) is 11.1. The van der Waals surface area contributed by atoms with E-state index in [9.17, 15) is 27.6 Å². The first-order valence-electron chi connectivity index (χ1n) is 12.4. The van der Waals surface area contributed by atoms with E-state index in [1.807, 2.05) is 20.8 Å². The summed E-state index contributed by atoms with van der Waals surface area (Å²) in [4.78, 5) is 40.0. The molecule has 0 bridgehead atoms. The first-order valence-corrected chi connectivity index (χ1v) is 12.8. The van der Waals surface area contributed by atoms with E-state index in [1.165, 1.54) is 22.9 Å². The van der Waals surface area contributed by atoms with Crippen LogP contribution in [0.2, 0.25) is 5.02 Å². The highest BCUT2D eigenvalue weighted by atomic mass is 35.5. The molecule has 1 aliphatic rings. The zero-order valence-electron chi connectivity index (χ0n) is 21.7. The molecule has 1 aliphatic carbocycles. The molecule has 0 aliphatic heterocycles. The lowest BCUT2D eigenvalue weighted by Gasteiger charge is -2.42. The third kappa shape index (κ3) is 6.70. The second kappa shape index (κ2) is 10.9. The number of rotatable bonds is 8. The monoisotopic (exact) mass is 563 g/mol. The maximum absolute atomic E-state index is 14.2. The lowest BCUT2D eigenvalue weighted by atomic mass is 9.86. The number of carbonyl (C=O) groups is 3. The van der Waals surface area contributed by atoms with E-state index in [0.29, 0.717) is 10.9 Å². The predicted molar refractivity (Wildman–Crippen MR) is 140 cm³/mol. The molecule has 2 aromatic carbocycles. The van der Waals surface area contributed by atoms with Crippen LogP contribution in [0.4, 0.5) is 13.2 Å². The summed E-state index contributed by atoms with van der Waals surface area (Å²) in [5.41, 5.74) is 0.250. The van der Waals surface area contributed by atoms with Crippen molar-refractivity contribution in [1.82, 2.24) is 25.3 Å². The number of benzene rings is 2. The van der Waals surface area contributed by atoms with Gasteiger partial charge in [0.2, 0.25) is 11.8 Å². The summed E-state index contributed by atoms with van der Waals surface area (Å²) >= 11 is 5.78. The Hall–Kier alpha value is -3.60. The molecule has 1 heterocycles. The summed E-state index contributed by atoms with van der Waals surface area (Å²) in [6.45, 7) is 4.41. The molecule has 39 heavy (non-hydrogen) atoms. The molecule has 4 rings (SSSR count). The van der Waals surface area contributed by atoms with Gasteiger partial charge in [-0.3, -0.25) is 19.1 Å². The number of aromatic nitrogens is 2. The molecule has 1 saturated carbocycles. The Labute approximate surface area is 228 Å². The summed E-state index contributed by atoms with van der Waals surface area (Å²) in [5.74, 6) is -5.29. The van der Waals surface area contributed by atoms with Gasteiger partial charge >= 0.3 is 0 Å². The molecule has 208 valence electrons. The largest absolute Gasteiger partial charge is 0.350 e. The number of fused-ring (bicyclic) bond motifs is 1. The number of nitrogens with zero attached hydrogens (tertiary/aromatic N) is 3. The molecule has 0 radical (unpaired) electrons. The first kappa shape index (κ1) is 28.4. The van der Waals surface area contributed by atoms with E-state index < -0.39 is 60.4 Å². The number of nitrogens with one attached hydrogen (secondary N) is 2. The van der Waals surface area contributed by atoms with Gasteiger partial charge in [-0.25, -0.2) is 13.2 Å². The van der Waals surface area contributed by atoms with Gasteiger partial charge in [0.15, 0.2) is 5.69 Å². The minimum atomic E-state index is -2.93. The van der Waals surface area contributed by atoms with Gasteiger partial charge in [-0.05, 0) is 32.9 Å². The molecule has 12 heteroatoms. The van der Waals surface area contributed by atoms with E-state index in [2.05, 4.69) is 15.7 Å². The van der Waals surface area contributed by atoms with Crippen LogP contribution in [0.15, 0.2) is 42.5 Å². The highest BCUT2D eigenvalue weighted by Gasteiger charge is 2.49. The minimum absolute atomic E-state index is 0.0998. The maximum Gasteiger partial charge on any atom is 0.272 e. The van der Waals surface area contributed by atoms with Gasteiger partial charge in [0, 0.05) is 41.9 Å². The van der Waals surface area contributed by atoms with Crippen LogP contribution in [0.3, 0.4) is 0 Å². The van der Waals surface area contributed by atoms with E-state index in [-0.39, 0.29) is 29.4 Å². The SMILES string of the molecule is CC(C)(C)NC(=O)c1nn(CC(=O)N(CC(=O)NCc2cccc(Cl)c2F)C2CC(F)(F)C2)c2ccccc12. The summed E-state index contributed by atoms with van der Waals surface area (Å²) < 4.78 is 42.9. The molecule has 8 nitrogen and oxygen atoms in total. The fourth-order valence-electron chi connectivity index (χ4n) is 4.39. The van der Waals surface area contributed by atoms with Crippen LogP contribution in [0.25, 0.3) is 10.9 Å². The third-order valence-electron chi connectivity index (χ3n) is 6.30. The van der Waals surface area contributed by atoms with E-state index in [0.717, 1.165) is 4.90 Å². The zero-order valence-corrected chi connectivity index (χ0v) is 22.5. The molecule has 3 aromatic rings. The lowest BCUT2D eigenvalue weighted by Crippen LogP contribution is -2.56. The Kier molecular flexibility index (Phi) is 7.92. The van der Waals surface area contributed by atoms with Crippen molar-refractivity contribution in [3.8, 4) is 0 Å². The van der Waals surface area contributed by atoms with Crippen molar-refractivity contribution >= 4 is 40.2 Å². The van der Waals surface area contributed by atoms with Crippen LogP contribution < -0.4 is 10.6 Å². The Bertz CT molecular complexity index is 1410. The van der Waals surface area contributed by atoms with Gasteiger partial charge < -0.3 is 15.5 Å². The van der Waals surface area contributed by atoms with Gasteiger partial charge in [-0.2, -0.15) is 5.10 Å². The van der Waals surface area contributed by atoms with Crippen LogP contribution in [-0.2, 0) is 22.7 Å². The molecular formula is C27H29ClF3N5O3. The van der Waals surface area contributed by atoms with Crippen molar-refractivity contribution in [1.29, 1.82) is 0 Å². The van der Waals surface area contributed by atoms with Gasteiger partial charge in [-0.1, -0.05) is 41.9 Å². The number of alkyl halides is 2. The number of carbonyl (C=O) groups excluding carboxylic acids is 3. The summed E-state index contributed by atoms with van der Waals surface area (Å²) in [5, 5.41) is 10.1. The molecular weight excluding hydrogens is 535 g/mol. The van der Waals surface area contributed by atoms with Crippen molar-refractivity contribution < 1.29 is 27.6 Å². The Morgan fingerprint density at radius 3 is 2.49 bits per heavy atom. The summed E-state index contributed by atoms with van der Waals surface area (Å²) in [7, 11) is 0. The standard InChI is InChI=1S/C27H29ClF3N5O3/c1-26(2,3)33-25(39)24-18-8-4-5-10-20(18)36(34-24)15-22(38)35(17-11-27(30,31)12-17)14-21(37)32-13-16-7-6-9-19(28)23(16)29/h4-10,17H,11-15H2,1-3H3,(H,32,37)(H,33,39). The van der Waals surface area contributed by atoms with Crippen molar-refractivity contribution in [2.24, 2.45) is 0 Å². The molecule has 0 atom stereocenters. The van der Waals surface area contributed by atoms with Crippen LogP contribution in [0.5, 0.6) is 0 Å². The molecule has 0 spiro atoms. The number of hydrogen-bond acceptors (Lipinski definition) is 4. The maximum atomic E-state index is 14.2. The third-order valence-corrected chi connectivity index (χ3v) is 6.59. The van der Waals surface area contributed by atoms with Gasteiger partial charge in [0.1, 0.15) is 12.4 Å². The van der Waals surface area contributed by atoms with Gasteiger partial charge in [0.25, 0.3) is 11.8 Å². The van der Waals surface area contributed by atoms with Crippen molar-refractivity contribution in [2.45, 2.75) is 64.2 Å². The first-order chi connectivity index (χ1) is 18.2. The molecule has 1 aromatic heterocycles. The topological polar surface area (TPSA) is 96.3 Å². The van der Waals surface area contributed by atoms with Crippen molar-refractivity contribution in [3.05, 3.63) is 64.6 Å². The fraction of sp³-hybridized carbons (Fsp3) is 0.407. The average molecular weight is 564 g/mol. The molecule has 0 saturated heterocycles. The highest BCUT2D eigenvalue weighted by molar-refractivity contribution is 6.30. The fourth-order valence-corrected chi connectivity index (χ4v) is 4.59. The van der Waals surface area contributed by atoms with Gasteiger partial charge in [0.05, 0.1) is 17.1 Å². The van der Waals surface area contributed by atoms with E-state index in [1.54, 1.807) is 24.3 Å². The lowest BCUT2D eigenvalue weighted by molar-refractivity contribution is -0.157. The minimum Gasteiger partial charge on any atom is -0.350 e.